The van der Waals surface area contributed by atoms with Crippen molar-refractivity contribution in [1.29, 1.82) is 0 Å². The molecular weight excluding hydrogens is 593 g/mol. The Balaban J connectivity index is 1.12. The molecule has 2 aliphatic rings. The van der Waals surface area contributed by atoms with Crippen molar-refractivity contribution < 1.29 is 27.4 Å². The molecule has 1 saturated heterocycles. The van der Waals surface area contributed by atoms with Gasteiger partial charge in [0.25, 0.3) is 12.3 Å². The van der Waals surface area contributed by atoms with Gasteiger partial charge >= 0.3 is 0 Å². The Morgan fingerprint density at radius 2 is 1.80 bits per heavy atom. The summed E-state index contributed by atoms with van der Waals surface area (Å²) in [6.07, 6.45) is 7.22. The van der Waals surface area contributed by atoms with E-state index >= 15 is 0 Å². The lowest BCUT2D eigenvalue weighted by atomic mass is 9.90. The number of aromatic nitrogens is 8. The third-order valence-corrected chi connectivity index (χ3v) is 7.97. The van der Waals surface area contributed by atoms with E-state index in [4.69, 9.17) is 14.2 Å². The molecule has 6 rings (SSSR count). The molecule has 0 unspecified atom stereocenters. The van der Waals surface area contributed by atoms with Gasteiger partial charge in [0.1, 0.15) is 18.1 Å². The Kier molecular flexibility index (Phi) is 9.69. The maximum Gasteiger partial charge on any atom is 0.272 e. The molecule has 0 bridgehead atoms. The van der Waals surface area contributed by atoms with E-state index in [0.29, 0.717) is 29.4 Å². The van der Waals surface area contributed by atoms with Gasteiger partial charge in [-0.1, -0.05) is 6.07 Å². The number of morpholine rings is 1. The molecular formula is C29H35F3N10O3. The van der Waals surface area contributed by atoms with Crippen molar-refractivity contribution in [2.45, 2.75) is 63.8 Å². The van der Waals surface area contributed by atoms with Crippen LogP contribution in [0.3, 0.4) is 0 Å². The summed E-state index contributed by atoms with van der Waals surface area (Å²) in [6, 6.07) is 5.14. The second-order valence-corrected chi connectivity index (χ2v) is 11.2. The molecule has 4 heterocycles. The first-order valence-corrected chi connectivity index (χ1v) is 15.0. The monoisotopic (exact) mass is 628 g/mol. The summed E-state index contributed by atoms with van der Waals surface area (Å²) in [4.78, 5) is 11.3. The van der Waals surface area contributed by atoms with Gasteiger partial charge in [0.15, 0.2) is 18.2 Å². The zero-order chi connectivity index (χ0) is 31.2. The third-order valence-electron chi connectivity index (χ3n) is 7.97. The van der Waals surface area contributed by atoms with Gasteiger partial charge in [-0.15, -0.1) is 10.2 Å². The topological polar surface area (TPSA) is 130 Å². The highest BCUT2D eigenvalue weighted by molar-refractivity contribution is 5.65. The fourth-order valence-corrected chi connectivity index (χ4v) is 5.74. The quantitative estimate of drug-likeness (QED) is 0.243. The van der Waals surface area contributed by atoms with Gasteiger partial charge in [0.2, 0.25) is 5.95 Å². The van der Waals surface area contributed by atoms with E-state index in [9.17, 15) is 13.2 Å². The average Bonchev–Trinajstić information content (AvgIpc) is 3.72. The van der Waals surface area contributed by atoms with Crippen LogP contribution in [0.4, 0.5) is 24.8 Å². The van der Waals surface area contributed by atoms with Crippen molar-refractivity contribution in [3.8, 4) is 22.8 Å². The summed E-state index contributed by atoms with van der Waals surface area (Å²) in [7, 11) is 0. The standard InChI is InChI=1S/C29H35F3N10O3/c1-19(15-41-18-35-38-39-41)45-26-12-20(2-7-24(26)30)21-13-33-29(34-14-21)36-25-16-42(37-28(25)44-17-27(31)32)23-5-3-22(4-6-23)40-8-10-43-11-9-40/h2,7,12-14,16,18-19,22-23,27H,3-6,8-11,15,17H2,1H3,(H,33,34,36)/t19-,22?,23?/m0/s1. The van der Waals surface area contributed by atoms with E-state index in [0.717, 1.165) is 52.0 Å². The zero-order valence-electron chi connectivity index (χ0n) is 24.8. The van der Waals surface area contributed by atoms with E-state index < -0.39 is 25.0 Å². The number of hydrogen-bond donors (Lipinski definition) is 1. The molecule has 1 aliphatic heterocycles. The Morgan fingerprint density at radius 3 is 2.51 bits per heavy atom. The van der Waals surface area contributed by atoms with Crippen molar-refractivity contribution in [3.05, 3.63) is 48.9 Å². The minimum Gasteiger partial charge on any atom is -0.486 e. The van der Waals surface area contributed by atoms with Crippen molar-refractivity contribution in [2.75, 3.05) is 38.2 Å². The predicted octanol–water partition coefficient (Wildman–Crippen LogP) is 4.14. The molecule has 240 valence electrons. The number of tetrazole rings is 1. The molecule has 0 spiro atoms. The molecule has 1 aromatic carbocycles. The average molecular weight is 629 g/mol. The van der Waals surface area contributed by atoms with Gasteiger partial charge in [-0.25, -0.2) is 27.8 Å². The highest BCUT2D eigenvalue weighted by Gasteiger charge is 2.29. The van der Waals surface area contributed by atoms with Crippen LogP contribution in [-0.2, 0) is 11.3 Å². The van der Waals surface area contributed by atoms with Crippen molar-refractivity contribution >= 4 is 11.6 Å². The normalized spacial score (nSPS) is 19.8. The third kappa shape index (κ3) is 7.86. The number of alkyl halides is 2. The lowest BCUT2D eigenvalue weighted by Gasteiger charge is -2.38. The van der Waals surface area contributed by atoms with Crippen LogP contribution < -0.4 is 14.8 Å². The Hall–Kier alpha value is -4.31. The summed E-state index contributed by atoms with van der Waals surface area (Å²) < 4.78 is 60.5. The summed E-state index contributed by atoms with van der Waals surface area (Å²) in [5, 5.41) is 18.5. The number of nitrogens with one attached hydrogen (secondary N) is 1. The Labute approximate surface area is 257 Å². The zero-order valence-corrected chi connectivity index (χ0v) is 24.8. The predicted molar refractivity (Wildman–Crippen MR) is 156 cm³/mol. The second kappa shape index (κ2) is 14.2. The molecule has 1 saturated carbocycles. The minimum atomic E-state index is -2.64. The number of rotatable bonds is 12. The molecule has 16 heteroatoms. The summed E-state index contributed by atoms with van der Waals surface area (Å²) in [6.45, 7) is 4.79. The Bertz CT molecular complexity index is 1510. The largest absolute Gasteiger partial charge is 0.486 e. The lowest BCUT2D eigenvalue weighted by molar-refractivity contribution is 0.00500. The SMILES string of the molecule is C[C@@H](Cn1cnnn1)Oc1cc(-c2cnc(Nc3cn(C4CCC(N5CCOCC5)CC4)nc3OCC(F)F)nc2)ccc1F. The van der Waals surface area contributed by atoms with Gasteiger partial charge in [-0.05, 0) is 60.7 Å². The Morgan fingerprint density at radius 1 is 1.04 bits per heavy atom. The molecule has 0 radical (unpaired) electrons. The molecule has 45 heavy (non-hydrogen) atoms. The van der Waals surface area contributed by atoms with Crippen molar-refractivity contribution in [3.63, 3.8) is 0 Å². The van der Waals surface area contributed by atoms with Crippen LogP contribution in [0.25, 0.3) is 11.1 Å². The number of anilines is 2. The molecule has 1 aliphatic carbocycles. The molecule has 3 aromatic heterocycles. The first-order chi connectivity index (χ1) is 21.9. The van der Waals surface area contributed by atoms with E-state index in [2.05, 4.69) is 40.8 Å². The molecule has 2 fully saturated rings. The highest BCUT2D eigenvalue weighted by Crippen LogP contribution is 2.35. The maximum atomic E-state index is 14.5. The number of benzene rings is 1. The van der Waals surface area contributed by atoms with Crippen LogP contribution in [0, 0.1) is 5.82 Å². The highest BCUT2D eigenvalue weighted by atomic mass is 19.3. The van der Waals surface area contributed by atoms with Gasteiger partial charge in [-0.2, -0.15) is 0 Å². The van der Waals surface area contributed by atoms with Crippen LogP contribution in [0.2, 0.25) is 0 Å². The molecule has 1 atom stereocenters. The number of hydrogen-bond acceptors (Lipinski definition) is 11. The summed E-state index contributed by atoms with van der Waals surface area (Å²) >= 11 is 0. The molecule has 13 nitrogen and oxygen atoms in total. The van der Waals surface area contributed by atoms with E-state index in [1.165, 1.54) is 17.1 Å². The first kappa shape index (κ1) is 30.7. The van der Waals surface area contributed by atoms with Crippen LogP contribution >= 0.6 is 0 Å². The van der Waals surface area contributed by atoms with Gasteiger partial charge < -0.3 is 19.5 Å². The van der Waals surface area contributed by atoms with Gasteiger partial charge in [0, 0.05) is 37.1 Å². The summed E-state index contributed by atoms with van der Waals surface area (Å²) in [5.74, 6) is -0.147. The first-order valence-electron chi connectivity index (χ1n) is 15.0. The van der Waals surface area contributed by atoms with E-state index in [1.807, 2.05) is 0 Å². The smallest absolute Gasteiger partial charge is 0.272 e. The number of ether oxygens (including phenoxy) is 3. The molecule has 4 aromatic rings. The van der Waals surface area contributed by atoms with Crippen LogP contribution in [0.1, 0.15) is 38.6 Å². The van der Waals surface area contributed by atoms with E-state index in [1.54, 1.807) is 42.3 Å². The maximum absolute atomic E-state index is 14.5. The van der Waals surface area contributed by atoms with Gasteiger partial charge in [0.05, 0.1) is 32.0 Å². The van der Waals surface area contributed by atoms with E-state index in [-0.39, 0.29) is 23.6 Å². The lowest BCUT2D eigenvalue weighted by Crippen LogP contribution is -2.45. The number of nitrogens with zero attached hydrogens (tertiary/aromatic N) is 9. The van der Waals surface area contributed by atoms with Crippen LogP contribution in [0.5, 0.6) is 11.6 Å². The van der Waals surface area contributed by atoms with Gasteiger partial charge in [-0.3, -0.25) is 9.58 Å². The minimum absolute atomic E-state index is 0.0643. The van der Waals surface area contributed by atoms with Crippen LogP contribution in [0.15, 0.2) is 43.1 Å². The molecule has 0 amide bonds. The fourth-order valence-electron chi connectivity index (χ4n) is 5.74. The fraction of sp³-hybridized carbons (Fsp3) is 0.517. The second-order valence-electron chi connectivity index (χ2n) is 11.2. The number of halogens is 3. The summed E-state index contributed by atoms with van der Waals surface area (Å²) in [5.41, 5.74) is 1.67. The van der Waals surface area contributed by atoms with Crippen molar-refractivity contribution in [1.82, 2.24) is 44.9 Å². The molecule has 1 N–H and O–H groups in total. The van der Waals surface area contributed by atoms with Crippen LogP contribution in [-0.4, -0.2) is 96.3 Å². The van der Waals surface area contributed by atoms with Crippen molar-refractivity contribution in [2.24, 2.45) is 0 Å².